The van der Waals surface area contributed by atoms with Gasteiger partial charge in [0.2, 0.25) is 5.89 Å². The Morgan fingerprint density at radius 1 is 1.27 bits per heavy atom. The minimum Gasteiger partial charge on any atom is -0.481 e. The van der Waals surface area contributed by atoms with E-state index < -0.39 is 16.8 Å². The molecule has 142 valence electrons. The highest BCUT2D eigenvalue weighted by atomic mass is 32.2. The van der Waals surface area contributed by atoms with Crippen molar-refractivity contribution in [1.29, 1.82) is 0 Å². The van der Waals surface area contributed by atoms with E-state index in [1.807, 2.05) is 38.1 Å². The number of hydrogen-bond acceptors (Lipinski definition) is 5. The minimum atomic E-state index is -1.37. The smallest absolute Gasteiger partial charge is 0.316 e. The average molecular weight is 379 g/mol. The second-order valence-electron chi connectivity index (χ2n) is 6.27. The third-order valence-corrected chi connectivity index (χ3v) is 5.72. The van der Waals surface area contributed by atoms with E-state index in [4.69, 9.17) is 14.3 Å². The molecule has 0 amide bonds. The summed E-state index contributed by atoms with van der Waals surface area (Å²) in [5.41, 5.74) is 2.99. The summed E-state index contributed by atoms with van der Waals surface area (Å²) in [4.78, 5) is 15.1. The molecule has 0 fully saturated rings. The fourth-order valence-electron chi connectivity index (χ4n) is 2.40. The molecule has 26 heavy (non-hydrogen) atoms. The first-order valence-corrected chi connectivity index (χ1v) is 9.95. The highest BCUT2D eigenvalue weighted by Gasteiger charge is 2.15. The molecule has 2 atom stereocenters. The van der Waals surface area contributed by atoms with Crippen molar-refractivity contribution in [2.75, 3.05) is 19.0 Å². The second kappa shape index (κ2) is 9.64. The number of carbonyl (C=O) groups is 1. The van der Waals surface area contributed by atoms with Crippen LogP contribution in [0.1, 0.15) is 30.4 Å². The summed E-state index contributed by atoms with van der Waals surface area (Å²) in [5.74, 6) is 0.0263. The Kier molecular flexibility index (Phi) is 7.53. The van der Waals surface area contributed by atoms with E-state index in [2.05, 4.69) is 4.98 Å². The zero-order valence-corrected chi connectivity index (χ0v) is 16.2. The first-order chi connectivity index (χ1) is 12.4. The van der Waals surface area contributed by atoms with Gasteiger partial charge in [0, 0.05) is 34.6 Å². The number of carboxylic acids is 1. The summed E-state index contributed by atoms with van der Waals surface area (Å²) in [6.45, 7) is 6.62. The fourth-order valence-corrected chi connectivity index (χ4v) is 3.28. The molecule has 0 aliphatic heterocycles. The topological polar surface area (TPSA) is 89.6 Å². The van der Waals surface area contributed by atoms with Crippen molar-refractivity contribution >= 4 is 16.8 Å². The van der Waals surface area contributed by atoms with Crippen LogP contribution in [0.3, 0.4) is 0 Å². The van der Waals surface area contributed by atoms with Crippen LogP contribution in [-0.4, -0.2) is 44.5 Å². The standard InChI is InChI=1S/C19H25NO5S/c1-13-4-6-16(7-5-13)19-20-17(15(3)25-19)9-11-24-10-8-14(2)26(23)12-18(21)22/h4-7,14H,8-12H2,1-3H3,(H,21,22). The van der Waals surface area contributed by atoms with E-state index in [1.165, 1.54) is 5.56 Å². The molecule has 0 spiro atoms. The summed E-state index contributed by atoms with van der Waals surface area (Å²) >= 11 is 0. The van der Waals surface area contributed by atoms with Gasteiger partial charge in [0.25, 0.3) is 0 Å². The molecule has 0 saturated heterocycles. The third-order valence-electron chi connectivity index (χ3n) is 4.06. The Hall–Kier alpha value is -1.99. The van der Waals surface area contributed by atoms with Crippen molar-refractivity contribution in [1.82, 2.24) is 4.98 Å². The van der Waals surface area contributed by atoms with E-state index in [0.717, 1.165) is 17.0 Å². The normalized spacial score (nSPS) is 13.5. The number of aryl methyl sites for hydroxylation is 2. The van der Waals surface area contributed by atoms with Gasteiger partial charge in [-0.25, -0.2) is 4.98 Å². The van der Waals surface area contributed by atoms with E-state index in [1.54, 1.807) is 6.92 Å². The van der Waals surface area contributed by atoms with Gasteiger partial charge >= 0.3 is 5.97 Å². The maximum Gasteiger partial charge on any atom is 0.316 e. The molecule has 2 rings (SSSR count). The number of rotatable bonds is 10. The van der Waals surface area contributed by atoms with Crippen LogP contribution in [0.15, 0.2) is 28.7 Å². The van der Waals surface area contributed by atoms with Gasteiger partial charge in [-0.2, -0.15) is 0 Å². The van der Waals surface area contributed by atoms with Crippen LogP contribution in [0.2, 0.25) is 0 Å². The van der Waals surface area contributed by atoms with Gasteiger partial charge in [-0.3, -0.25) is 9.00 Å². The van der Waals surface area contributed by atoms with Crippen LogP contribution < -0.4 is 0 Å². The van der Waals surface area contributed by atoms with Crippen molar-refractivity contribution in [3.05, 3.63) is 41.3 Å². The number of aromatic nitrogens is 1. The van der Waals surface area contributed by atoms with Gasteiger partial charge in [0.15, 0.2) is 0 Å². The molecule has 1 N–H and O–H groups in total. The summed E-state index contributed by atoms with van der Waals surface area (Å²) < 4.78 is 23.0. The number of aliphatic carboxylic acids is 1. The first-order valence-electron chi connectivity index (χ1n) is 8.57. The van der Waals surface area contributed by atoms with E-state index in [0.29, 0.717) is 31.9 Å². The summed E-state index contributed by atoms with van der Waals surface area (Å²) in [5, 5.41) is 8.45. The fraction of sp³-hybridized carbons (Fsp3) is 0.474. The predicted molar refractivity (Wildman–Crippen MR) is 101 cm³/mol. The van der Waals surface area contributed by atoms with Crippen molar-refractivity contribution in [3.8, 4) is 11.5 Å². The molecule has 0 radical (unpaired) electrons. The minimum absolute atomic E-state index is 0.201. The molecule has 1 heterocycles. The van der Waals surface area contributed by atoms with Crippen LogP contribution in [0.5, 0.6) is 0 Å². The maximum atomic E-state index is 11.7. The SMILES string of the molecule is Cc1ccc(-c2nc(CCOCCC(C)S(=O)CC(=O)O)c(C)o2)cc1. The Morgan fingerprint density at radius 3 is 2.62 bits per heavy atom. The monoisotopic (exact) mass is 379 g/mol. The Labute approximate surface area is 156 Å². The molecule has 7 heteroatoms. The Morgan fingerprint density at radius 2 is 1.96 bits per heavy atom. The summed E-state index contributed by atoms with van der Waals surface area (Å²) in [6, 6.07) is 8.01. The third kappa shape index (κ3) is 6.07. The van der Waals surface area contributed by atoms with Crippen LogP contribution in [0.25, 0.3) is 11.5 Å². The Balaban J connectivity index is 1.77. The van der Waals surface area contributed by atoms with Crippen molar-refractivity contribution in [3.63, 3.8) is 0 Å². The highest BCUT2D eigenvalue weighted by molar-refractivity contribution is 7.86. The molecular weight excluding hydrogens is 354 g/mol. The van der Waals surface area contributed by atoms with Crippen LogP contribution in [0.4, 0.5) is 0 Å². The van der Waals surface area contributed by atoms with E-state index in [-0.39, 0.29) is 11.0 Å². The van der Waals surface area contributed by atoms with Gasteiger partial charge < -0.3 is 14.3 Å². The number of hydrogen-bond donors (Lipinski definition) is 1. The number of ether oxygens (including phenoxy) is 1. The molecule has 2 unspecified atom stereocenters. The van der Waals surface area contributed by atoms with Gasteiger partial charge in [-0.1, -0.05) is 24.6 Å². The highest BCUT2D eigenvalue weighted by Crippen LogP contribution is 2.22. The molecule has 0 aliphatic rings. The lowest BCUT2D eigenvalue weighted by Gasteiger charge is -2.10. The molecule has 2 aromatic rings. The Bertz CT molecular complexity index is 754. The van der Waals surface area contributed by atoms with E-state index >= 15 is 0 Å². The second-order valence-corrected chi connectivity index (χ2v) is 8.12. The number of benzene rings is 1. The van der Waals surface area contributed by atoms with Gasteiger partial charge in [-0.05, 0) is 32.4 Å². The maximum absolute atomic E-state index is 11.7. The lowest BCUT2D eigenvalue weighted by Crippen LogP contribution is -2.21. The molecule has 0 aliphatic carbocycles. The lowest BCUT2D eigenvalue weighted by atomic mass is 10.1. The van der Waals surface area contributed by atoms with Crippen molar-refractivity contribution in [2.24, 2.45) is 0 Å². The van der Waals surface area contributed by atoms with Crippen molar-refractivity contribution < 1.29 is 23.3 Å². The number of carboxylic acid groups (broad SMARTS) is 1. The zero-order chi connectivity index (χ0) is 19.1. The summed E-state index contributed by atoms with van der Waals surface area (Å²) in [6.07, 6.45) is 1.19. The van der Waals surface area contributed by atoms with Crippen molar-refractivity contribution in [2.45, 2.75) is 38.9 Å². The molecule has 6 nitrogen and oxygen atoms in total. The molecule has 1 aromatic carbocycles. The quantitative estimate of drug-likeness (QED) is 0.638. The van der Waals surface area contributed by atoms with E-state index in [9.17, 15) is 9.00 Å². The largest absolute Gasteiger partial charge is 0.481 e. The molecule has 0 saturated carbocycles. The first kappa shape index (κ1) is 20.3. The van der Waals surface area contributed by atoms with Gasteiger partial charge in [0.1, 0.15) is 11.5 Å². The molecule has 0 bridgehead atoms. The van der Waals surface area contributed by atoms with Crippen LogP contribution in [0, 0.1) is 13.8 Å². The number of oxazole rings is 1. The summed E-state index contributed by atoms with van der Waals surface area (Å²) in [7, 11) is -1.37. The number of nitrogens with zero attached hydrogens (tertiary/aromatic N) is 1. The average Bonchev–Trinajstić information content (AvgIpc) is 2.95. The van der Waals surface area contributed by atoms with Gasteiger partial charge in [0.05, 0.1) is 12.3 Å². The predicted octanol–water partition coefficient (Wildman–Crippen LogP) is 3.13. The lowest BCUT2D eigenvalue weighted by molar-refractivity contribution is -0.134. The van der Waals surface area contributed by atoms with Gasteiger partial charge in [-0.15, -0.1) is 0 Å². The zero-order valence-electron chi connectivity index (χ0n) is 15.4. The molecule has 1 aromatic heterocycles. The van der Waals surface area contributed by atoms with Crippen LogP contribution in [-0.2, 0) is 26.8 Å². The molecular formula is C19H25NO5S. The van der Waals surface area contributed by atoms with Crippen LogP contribution >= 0.6 is 0 Å².